The van der Waals surface area contributed by atoms with Crippen molar-refractivity contribution < 1.29 is 25.3 Å². The minimum absolute atomic E-state index is 0. The molecule has 0 aromatic heterocycles. The zero-order valence-electron chi connectivity index (χ0n) is 5.66. The van der Waals surface area contributed by atoms with Crippen molar-refractivity contribution in [2.45, 2.75) is 13.8 Å². The Morgan fingerprint density at radius 1 is 1.00 bits per heavy atom. The molecule has 10 heavy (non-hydrogen) atoms. The van der Waals surface area contributed by atoms with Crippen molar-refractivity contribution in [3.63, 3.8) is 0 Å². The second-order valence-electron chi connectivity index (χ2n) is 0.983. The smallest absolute Gasteiger partial charge is 0.870 e. The molecule has 0 radical (unpaired) electrons. The minimum atomic E-state index is -1.08. The first-order valence-electron chi connectivity index (χ1n) is 1.82. The Kier molecular flexibility index (Phi) is 35.9. The van der Waals surface area contributed by atoms with Crippen LogP contribution in [0.15, 0.2) is 0 Å². The van der Waals surface area contributed by atoms with Gasteiger partial charge in [-0.2, -0.15) is 0 Å². The van der Waals surface area contributed by atoms with Gasteiger partial charge in [0.1, 0.15) is 0 Å². The summed E-state index contributed by atoms with van der Waals surface area (Å²) in [7, 11) is 0. The normalized spacial score (nSPS) is 5.00. The molecule has 0 saturated heterocycles. The van der Waals surface area contributed by atoms with E-state index in [4.69, 9.17) is 19.8 Å². The Morgan fingerprint density at radius 3 is 1.00 bits per heavy atom. The zero-order chi connectivity index (χ0) is 7.15. The van der Waals surface area contributed by atoms with Crippen LogP contribution in [0, 0.1) is 0 Å². The Balaban J connectivity index is -0.0000000300. The fourth-order valence-electron chi connectivity index (χ4n) is 0. The van der Waals surface area contributed by atoms with Gasteiger partial charge >= 0.3 is 17.4 Å². The molecular formula is C4H7AlO5. The first-order valence-corrected chi connectivity index (χ1v) is 1.82. The average Bonchev–Trinajstić information content (AvgIpc) is 1.25. The van der Waals surface area contributed by atoms with Crippen LogP contribution in [0.4, 0.5) is 0 Å². The first kappa shape index (κ1) is 22.7. The van der Waals surface area contributed by atoms with Crippen molar-refractivity contribution in [3.8, 4) is 0 Å². The van der Waals surface area contributed by atoms with Crippen LogP contribution in [0.5, 0.6) is 0 Å². The molecule has 0 aliphatic carbocycles. The monoisotopic (exact) mass is 162 g/mol. The summed E-state index contributed by atoms with van der Waals surface area (Å²) in [5.41, 5.74) is 0. The van der Waals surface area contributed by atoms with Crippen molar-refractivity contribution in [3.05, 3.63) is 0 Å². The molecule has 0 aromatic rings. The summed E-state index contributed by atoms with van der Waals surface area (Å²) in [4.78, 5) is 17.8. The number of carbonyl (C=O) groups excluding carboxylic acids is 2. The van der Waals surface area contributed by atoms with Crippen LogP contribution in [0.2, 0.25) is 0 Å². The average molecular weight is 162 g/mol. The van der Waals surface area contributed by atoms with Gasteiger partial charge in [-0.25, -0.2) is 0 Å². The molecule has 0 unspecified atom stereocenters. The molecule has 0 atom stereocenters. The summed E-state index contributed by atoms with van der Waals surface area (Å²) in [5, 5.41) is 17.8. The Bertz CT molecular complexity index is 71.6. The maximum atomic E-state index is 8.89. The van der Waals surface area contributed by atoms with Crippen LogP contribution < -0.4 is 10.2 Å². The molecule has 1 N–H and O–H groups in total. The van der Waals surface area contributed by atoms with E-state index in [0.29, 0.717) is 0 Å². The van der Waals surface area contributed by atoms with Crippen molar-refractivity contribution >= 4 is 29.3 Å². The summed E-state index contributed by atoms with van der Waals surface area (Å²) in [5.74, 6) is -2.17. The predicted molar refractivity (Wildman–Crippen MR) is 29.1 cm³/mol. The molecule has 0 spiro atoms. The summed E-state index contributed by atoms with van der Waals surface area (Å²) in [6, 6.07) is 0. The summed E-state index contributed by atoms with van der Waals surface area (Å²) >= 11 is 0. The van der Waals surface area contributed by atoms with Gasteiger partial charge in [0.05, 0.1) is 0 Å². The maximum Gasteiger partial charge on any atom is 3.00 e. The Hall–Kier alpha value is -0.568. The van der Waals surface area contributed by atoms with Crippen LogP contribution in [-0.2, 0) is 9.59 Å². The third kappa shape index (κ3) is 955. The van der Waals surface area contributed by atoms with E-state index < -0.39 is 11.9 Å². The van der Waals surface area contributed by atoms with E-state index >= 15 is 0 Å². The summed E-state index contributed by atoms with van der Waals surface area (Å²) < 4.78 is 0. The van der Waals surface area contributed by atoms with Gasteiger partial charge in [0.2, 0.25) is 0 Å². The number of carbonyl (C=O) groups is 2. The molecule has 0 bridgehead atoms. The van der Waals surface area contributed by atoms with Crippen LogP contribution in [0.1, 0.15) is 13.8 Å². The maximum absolute atomic E-state index is 8.89. The largest absolute Gasteiger partial charge is 3.00 e. The number of carboxylic acid groups (broad SMARTS) is 2. The minimum Gasteiger partial charge on any atom is -0.870 e. The van der Waals surface area contributed by atoms with Gasteiger partial charge in [-0.15, -0.1) is 0 Å². The van der Waals surface area contributed by atoms with Gasteiger partial charge < -0.3 is 25.3 Å². The van der Waals surface area contributed by atoms with Crippen molar-refractivity contribution in [1.29, 1.82) is 0 Å². The summed E-state index contributed by atoms with van der Waals surface area (Å²) in [6.45, 7) is 1.94. The molecule has 0 aliphatic heterocycles. The summed E-state index contributed by atoms with van der Waals surface area (Å²) in [6.07, 6.45) is 0. The zero-order valence-corrected chi connectivity index (χ0v) is 6.81. The molecule has 0 rings (SSSR count). The van der Waals surface area contributed by atoms with Crippen LogP contribution in [-0.4, -0.2) is 34.8 Å². The first-order chi connectivity index (χ1) is 3.46. The van der Waals surface area contributed by atoms with Crippen molar-refractivity contribution in [2.24, 2.45) is 0 Å². The van der Waals surface area contributed by atoms with E-state index in [2.05, 4.69) is 0 Å². The van der Waals surface area contributed by atoms with Crippen molar-refractivity contribution in [1.82, 2.24) is 0 Å². The number of carboxylic acids is 2. The van der Waals surface area contributed by atoms with Gasteiger partial charge in [0.15, 0.2) is 0 Å². The van der Waals surface area contributed by atoms with Gasteiger partial charge in [0.25, 0.3) is 0 Å². The van der Waals surface area contributed by atoms with Crippen LogP contribution in [0.3, 0.4) is 0 Å². The van der Waals surface area contributed by atoms with Gasteiger partial charge in [-0.1, -0.05) is 0 Å². The van der Waals surface area contributed by atoms with E-state index in [1.807, 2.05) is 0 Å². The van der Waals surface area contributed by atoms with Crippen LogP contribution >= 0.6 is 0 Å². The molecule has 56 valence electrons. The molecule has 5 nitrogen and oxygen atoms in total. The second kappa shape index (κ2) is 15.8. The second-order valence-corrected chi connectivity index (χ2v) is 0.983. The Morgan fingerprint density at radius 2 is 1.00 bits per heavy atom. The molecule has 0 aliphatic rings. The van der Waals surface area contributed by atoms with E-state index in [-0.39, 0.29) is 22.8 Å². The fourth-order valence-corrected chi connectivity index (χ4v) is 0. The molecule has 0 heterocycles. The van der Waals surface area contributed by atoms with Gasteiger partial charge in [-0.05, 0) is 13.8 Å². The van der Waals surface area contributed by atoms with E-state index in [1.165, 1.54) is 0 Å². The van der Waals surface area contributed by atoms with Crippen LogP contribution in [0.25, 0.3) is 0 Å². The van der Waals surface area contributed by atoms with Crippen molar-refractivity contribution in [2.75, 3.05) is 0 Å². The topological polar surface area (TPSA) is 110 Å². The van der Waals surface area contributed by atoms with E-state index in [1.54, 1.807) is 0 Å². The SMILES string of the molecule is CC(=O)[O-].CC(=O)[O-].[Al+3].[OH-]. The van der Waals surface area contributed by atoms with Gasteiger partial charge in [0, 0.05) is 11.9 Å². The van der Waals surface area contributed by atoms with E-state index in [9.17, 15) is 0 Å². The third-order valence-corrected chi connectivity index (χ3v) is 0. The fraction of sp³-hybridized carbons (Fsp3) is 0.500. The third-order valence-electron chi connectivity index (χ3n) is 0. The number of rotatable bonds is 0. The molecule has 0 amide bonds. The number of aliphatic carboxylic acids is 2. The molecule has 0 fully saturated rings. The molecule has 0 saturated carbocycles. The van der Waals surface area contributed by atoms with Gasteiger partial charge in [-0.3, -0.25) is 0 Å². The molecule has 0 aromatic carbocycles. The number of hydrogen-bond donors (Lipinski definition) is 0. The Labute approximate surface area is 69.1 Å². The van der Waals surface area contributed by atoms with E-state index in [0.717, 1.165) is 13.8 Å². The molecule has 6 heteroatoms. The molecular weight excluding hydrogens is 155 g/mol. The predicted octanol–water partition coefficient (Wildman–Crippen LogP) is -3.05. The quantitative estimate of drug-likeness (QED) is 0.351. The standard InChI is InChI=1S/2C2H4O2.Al.H2O/c2*1-2(3)4;;/h2*1H3,(H,3,4);;1H2/q;;+3;/p-3. The number of hydrogen-bond acceptors (Lipinski definition) is 5.